The third kappa shape index (κ3) is 4.49. The van der Waals surface area contributed by atoms with E-state index in [2.05, 4.69) is 52.7 Å². The Morgan fingerprint density at radius 1 is 1.37 bits per heavy atom. The normalized spacial score (nSPS) is 12.7. The molecule has 0 aliphatic heterocycles. The Labute approximate surface area is 118 Å². The first-order chi connectivity index (χ1) is 9.29. The van der Waals surface area contributed by atoms with Gasteiger partial charge in [0.1, 0.15) is 0 Å². The summed E-state index contributed by atoms with van der Waals surface area (Å²) in [6.07, 6.45) is 4.02. The molecule has 0 bridgehead atoms. The van der Waals surface area contributed by atoms with Crippen LogP contribution in [0.4, 0.5) is 0 Å². The zero-order valence-electron chi connectivity index (χ0n) is 11.4. The van der Waals surface area contributed by atoms with Gasteiger partial charge in [-0.3, -0.25) is 0 Å². The van der Waals surface area contributed by atoms with E-state index in [0.717, 1.165) is 25.9 Å². The van der Waals surface area contributed by atoms with Crippen molar-refractivity contribution in [1.82, 2.24) is 9.88 Å². The number of aliphatic hydroxyl groups is 1. The maximum Gasteiger partial charge on any atom is 0.0566 e. The van der Waals surface area contributed by atoms with Crippen LogP contribution >= 0.6 is 11.3 Å². The van der Waals surface area contributed by atoms with Crippen LogP contribution in [0, 0.1) is 0 Å². The Balaban J connectivity index is 1.85. The molecule has 2 aromatic rings. The fourth-order valence-electron chi connectivity index (χ4n) is 2.11. The Hall–Kier alpha value is -1.10. The van der Waals surface area contributed by atoms with Crippen molar-refractivity contribution >= 4 is 11.3 Å². The summed E-state index contributed by atoms with van der Waals surface area (Å²) in [5.74, 6) is 0. The molecule has 104 valence electrons. The minimum absolute atomic E-state index is 0.279. The second-order valence-electron chi connectivity index (χ2n) is 4.85. The molecule has 2 heterocycles. The van der Waals surface area contributed by atoms with Crippen molar-refractivity contribution in [1.29, 1.82) is 0 Å². The van der Waals surface area contributed by atoms with Gasteiger partial charge in [-0.25, -0.2) is 0 Å². The summed E-state index contributed by atoms with van der Waals surface area (Å²) < 4.78 is 2.29. The predicted octanol–water partition coefficient (Wildman–Crippen LogP) is 2.85. The van der Waals surface area contributed by atoms with Crippen LogP contribution in [0.2, 0.25) is 0 Å². The number of nitrogens with one attached hydrogen (secondary N) is 1. The van der Waals surface area contributed by atoms with Crippen molar-refractivity contribution in [3.8, 4) is 0 Å². The first kappa shape index (κ1) is 14.3. The largest absolute Gasteiger partial charge is 0.396 e. The van der Waals surface area contributed by atoms with E-state index < -0.39 is 0 Å². The second kappa shape index (κ2) is 7.48. The van der Waals surface area contributed by atoms with Crippen molar-refractivity contribution in [3.63, 3.8) is 0 Å². The fourth-order valence-corrected chi connectivity index (χ4v) is 2.82. The summed E-state index contributed by atoms with van der Waals surface area (Å²) in [6.45, 7) is 4.28. The second-order valence-corrected chi connectivity index (χ2v) is 5.89. The number of thiophene rings is 1. The highest BCUT2D eigenvalue weighted by molar-refractivity contribution is 7.09. The number of hydrogen-bond acceptors (Lipinski definition) is 3. The Morgan fingerprint density at radius 3 is 3.00 bits per heavy atom. The van der Waals surface area contributed by atoms with E-state index in [9.17, 15) is 0 Å². The maximum absolute atomic E-state index is 8.82. The molecule has 0 radical (unpaired) electrons. The average molecular weight is 278 g/mol. The molecule has 1 atom stereocenters. The van der Waals surface area contributed by atoms with Crippen molar-refractivity contribution in [2.24, 2.45) is 0 Å². The first-order valence-electron chi connectivity index (χ1n) is 6.80. The van der Waals surface area contributed by atoms with Crippen LogP contribution < -0.4 is 5.32 Å². The summed E-state index contributed by atoms with van der Waals surface area (Å²) in [5.41, 5.74) is 1.31. The van der Waals surface area contributed by atoms with E-state index in [0.29, 0.717) is 6.04 Å². The Kier molecular flexibility index (Phi) is 5.63. The van der Waals surface area contributed by atoms with Gasteiger partial charge in [-0.1, -0.05) is 6.07 Å². The molecule has 2 N–H and O–H groups in total. The lowest BCUT2D eigenvalue weighted by atomic mass is 10.2. The van der Waals surface area contributed by atoms with Gasteiger partial charge in [0.05, 0.1) is 6.54 Å². The topological polar surface area (TPSA) is 37.2 Å². The van der Waals surface area contributed by atoms with Crippen LogP contribution in [0.3, 0.4) is 0 Å². The predicted molar refractivity (Wildman–Crippen MR) is 80.5 cm³/mol. The van der Waals surface area contributed by atoms with E-state index in [1.807, 2.05) is 0 Å². The third-order valence-electron chi connectivity index (χ3n) is 3.26. The molecule has 2 aromatic heterocycles. The highest BCUT2D eigenvalue weighted by Crippen LogP contribution is 2.13. The van der Waals surface area contributed by atoms with Gasteiger partial charge in [0.2, 0.25) is 0 Å². The van der Waals surface area contributed by atoms with Crippen molar-refractivity contribution in [2.75, 3.05) is 6.61 Å². The van der Waals surface area contributed by atoms with Gasteiger partial charge in [-0.2, -0.15) is 0 Å². The van der Waals surface area contributed by atoms with Crippen LogP contribution in [0.5, 0.6) is 0 Å². The van der Waals surface area contributed by atoms with E-state index in [1.165, 1.54) is 10.6 Å². The van der Waals surface area contributed by atoms with E-state index in [-0.39, 0.29) is 6.61 Å². The van der Waals surface area contributed by atoms with Crippen LogP contribution in [0.15, 0.2) is 35.8 Å². The van der Waals surface area contributed by atoms with Crippen LogP contribution in [-0.4, -0.2) is 22.3 Å². The van der Waals surface area contributed by atoms with Crippen molar-refractivity contribution in [3.05, 3.63) is 46.4 Å². The molecule has 19 heavy (non-hydrogen) atoms. The highest BCUT2D eigenvalue weighted by Gasteiger charge is 2.05. The van der Waals surface area contributed by atoms with Crippen molar-refractivity contribution < 1.29 is 5.11 Å². The van der Waals surface area contributed by atoms with Crippen LogP contribution in [0.25, 0.3) is 0 Å². The fraction of sp³-hybridized carbons (Fsp3) is 0.467. The number of aromatic nitrogens is 1. The SMILES string of the molecule is CC(CCCO)NCc1cccn1Cc1cccs1. The molecule has 4 heteroatoms. The molecule has 0 saturated heterocycles. The Morgan fingerprint density at radius 2 is 2.26 bits per heavy atom. The minimum Gasteiger partial charge on any atom is -0.396 e. The molecule has 0 amide bonds. The smallest absolute Gasteiger partial charge is 0.0566 e. The maximum atomic E-state index is 8.82. The molecule has 0 aliphatic carbocycles. The number of aliphatic hydroxyl groups excluding tert-OH is 1. The Bertz CT molecular complexity index is 464. The van der Waals surface area contributed by atoms with E-state index in [4.69, 9.17) is 5.11 Å². The van der Waals surface area contributed by atoms with Crippen LogP contribution in [-0.2, 0) is 13.1 Å². The van der Waals surface area contributed by atoms with E-state index in [1.54, 1.807) is 11.3 Å². The van der Waals surface area contributed by atoms with Gasteiger partial charge < -0.3 is 15.0 Å². The quantitative estimate of drug-likeness (QED) is 0.779. The summed E-state index contributed by atoms with van der Waals surface area (Å²) in [4.78, 5) is 1.38. The summed E-state index contributed by atoms with van der Waals surface area (Å²) >= 11 is 1.80. The molecule has 0 aromatic carbocycles. The van der Waals surface area contributed by atoms with Gasteiger partial charge in [0, 0.05) is 36.0 Å². The van der Waals surface area contributed by atoms with Gasteiger partial charge >= 0.3 is 0 Å². The molecule has 1 unspecified atom stereocenters. The monoisotopic (exact) mass is 278 g/mol. The molecular weight excluding hydrogens is 256 g/mol. The summed E-state index contributed by atoms with van der Waals surface area (Å²) in [6, 6.07) is 8.98. The van der Waals surface area contributed by atoms with Crippen LogP contribution in [0.1, 0.15) is 30.3 Å². The molecule has 0 spiro atoms. The molecule has 2 rings (SSSR count). The van der Waals surface area contributed by atoms with Gasteiger partial charge in [-0.15, -0.1) is 11.3 Å². The third-order valence-corrected chi connectivity index (χ3v) is 4.12. The zero-order chi connectivity index (χ0) is 13.5. The lowest BCUT2D eigenvalue weighted by Crippen LogP contribution is -2.26. The lowest BCUT2D eigenvalue weighted by Gasteiger charge is -2.14. The first-order valence-corrected chi connectivity index (χ1v) is 7.68. The molecular formula is C15H22N2OS. The van der Waals surface area contributed by atoms with Crippen molar-refractivity contribution in [2.45, 2.75) is 38.9 Å². The van der Waals surface area contributed by atoms with Gasteiger partial charge in [0.25, 0.3) is 0 Å². The highest BCUT2D eigenvalue weighted by atomic mass is 32.1. The standard InChI is InChI=1S/C15H22N2OS/c1-13(5-3-9-18)16-11-14-6-2-8-17(14)12-15-7-4-10-19-15/h2,4,6-8,10,13,16,18H,3,5,9,11-12H2,1H3. The minimum atomic E-state index is 0.279. The molecule has 0 saturated carbocycles. The van der Waals surface area contributed by atoms with Gasteiger partial charge in [0.15, 0.2) is 0 Å². The van der Waals surface area contributed by atoms with Gasteiger partial charge in [-0.05, 0) is 43.3 Å². The summed E-state index contributed by atoms with van der Waals surface area (Å²) in [5, 5.41) is 14.5. The van der Waals surface area contributed by atoms with E-state index >= 15 is 0 Å². The summed E-state index contributed by atoms with van der Waals surface area (Å²) in [7, 11) is 0. The molecule has 3 nitrogen and oxygen atoms in total. The zero-order valence-corrected chi connectivity index (χ0v) is 12.2. The number of hydrogen-bond donors (Lipinski definition) is 2. The number of nitrogens with zero attached hydrogens (tertiary/aromatic N) is 1. The molecule has 0 aliphatic rings. The molecule has 0 fully saturated rings. The lowest BCUT2D eigenvalue weighted by molar-refractivity contribution is 0.276. The average Bonchev–Trinajstić information content (AvgIpc) is 3.06. The number of rotatable bonds is 8.